The van der Waals surface area contributed by atoms with Gasteiger partial charge in [-0.2, -0.15) is 0 Å². The highest BCUT2D eigenvalue weighted by Gasteiger charge is 2.22. The zero-order valence-corrected chi connectivity index (χ0v) is 19.7. The Kier molecular flexibility index (Phi) is 7.10. The van der Waals surface area contributed by atoms with Gasteiger partial charge in [-0.15, -0.1) is 10.2 Å². The Bertz CT molecular complexity index is 1240. The average Bonchev–Trinajstić information content (AvgIpc) is 3.27. The molecule has 1 atom stereocenters. The van der Waals surface area contributed by atoms with Gasteiger partial charge in [-0.25, -0.2) is 0 Å². The summed E-state index contributed by atoms with van der Waals surface area (Å²) in [6.45, 7) is 4.59. The number of carbonyl (C=O) groups is 1. The quantitative estimate of drug-likeness (QED) is 0.340. The second-order valence-corrected chi connectivity index (χ2v) is 8.72. The van der Waals surface area contributed by atoms with Crippen LogP contribution < -0.4 is 10.1 Å². The molecular formula is C26H26N4O2S. The largest absolute Gasteiger partial charge is 0.496 e. The number of rotatable bonds is 8. The zero-order valence-electron chi connectivity index (χ0n) is 18.9. The zero-order chi connectivity index (χ0) is 23.2. The van der Waals surface area contributed by atoms with Gasteiger partial charge in [0, 0.05) is 17.8 Å². The van der Waals surface area contributed by atoms with Crippen LogP contribution in [0.15, 0.2) is 84.0 Å². The number of hydrogen-bond donors (Lipinski definition) is 1. The van der Waals surface area contributed by atoms with Crippen molar-refractivity contribution in [2.75, 3.05) is 12.4 Å². The van der Waals surface area contributed by atoms with Gasteiger partial charge in [-0.1, -0.05) is 72.4 Å². The predicted molar refractivity (Wildman–Crippen MR) is 134 cm³/mol. The number of benzene rings is 3. The Balaban J connectivity index is 1.54. The lowest BCUT2D eigenvalue weighted by molar-refractivity contribution is -0.115. The van der Waals surface area contributed by atoms with E-state index in [2.05, 4.69) is 15.5 Å². The number of methoxy groups -OCH3 is 1. The van der Waals surface area contributed by atoms with Crippen LogP contribution in [0.4, 0.5) is 5.69 Å². The molecule has 1 N–H and O–H groups in total. The number of carbonyl (C=O) groups excluding carboxylic acids is 1. The molecule has 7 heteroatoms. The number of ether oxygens (including phenoxy) is 1. The summed E-state index contributed by atoms with van der Waals surface area (Å²) >= 11 is 1.39. The third kappa shape index (κ3) is 4.93. The summed E-state index contributed by atoms with van der Waals surface area (Å²) in [4.78, 5) is 13.1. The molecule has 4 aromatic rings. The molecule has 0 saturated carbocycles. The first-order valence-electron chi connectivity index (χ1n) is 10.8. The molecule has 0 aliphatic rings. The second-order valence-electron chi connectivity index (χ2n) is 7.41. The van der Waals surface area contributed by atoms with Crippen LogP contribution in [0.25, 0.3) is 22.5 Å². The molecule has 0 unspecified atom stereocenters. The fraction of sp³-hybridized carbons (Fsp3) is 0.192. The third-order valence-electron chi connectivity index (χ3n) is 5.30. The molecular weight excluding hydrogens is 432 g/mol. The molecule has 0 spiro atoms. The van der Waals surface area contributed by atoms with E-state index >= 15 is 0 Å². The minimum Gasteiger partial charge on any atom is -0.496 e. The smallest absolute Gasteiger partial charge is 0.237 e. The van der Waals surface area contributed by atoms with Crippen LogP contribution >= 0.6 is 11.8 Å². The highest BCUT2D eigenvalue weighted by Crippen LogP contribution is 2.33. The Hall–Kier alpha value is -3.58. The van der Waals surface area contributed by atoms with Crippen LogP contribution in [0.5, 0.6) is 5.75 Å². The van der Waals surface area contributed by atoms with Crippen LogP contribution in [-0.4, -0.2) is 33.0 Å². The maximum absolute atomic E-state index is 13.1. The van der Waals surface area contributed by atoms with E-state index in [0.29, 0.717) is 11.7 Å². The Morgan fingerprint density at radius 2 is 1.64 bits per heavy atom. The fourth-order valence-corrected chi connectivity index (χ4v) is 4.51. The van der Waals surface area contributed by atoms with Gasteiger partial charge in [0.15, 0.2) is 11.0 Å². The van der Waals surface area contributed by atoms with Gasteiger partial charge in [-0.3, -0.25) is 4.79 Å². The first-order valence-corrected chi connectivity index (χ1v) is 11.7. The van der Waals surface area contributed by atoms with Crippen molar-refractivity contribution >= 4 is 23.4 Å². The Morgan fingerprint density at radius 1 is 0.970 bits per heavy atom. The van der Waals surface area contributed by atoms with Gasteiger partial charge < -0.3 is 14.6 Å². The molecule has 33 heavy (non-hydrogen) atoms. The van der Waals surface area contributed by atoms with Crippen LogP contribution in [0.1, 0.15) is 13.8 Å². The first kappa shape index (κ1) is 22.6. The van der Waals surface area contributed by atoms with Crippen LogP contribution in [0, 0.1) is 0 Å². The second kappa shape index (κ2) is 10.4. The first-order chi connectivity index (χ1) is 16.1. The number of nitrogens with zero attached hydrogens (tertiary/aromatic N) is 3. The maximum atomic E-state index is 13.1. The van der Waals surface area contributed by atoms with Gasteiger partial charge in [0.25, 0.3) is 0 Å². The number of para-hydroxylation sites is 2. The van der Waals surface area contributed by atoms with Crippen LogP contribution in [0.2, 0.25) is 0 Å². The lowest BCUT2D eigenvalue weighted by atomic mass is 10.0. The molecule has 0 saturated heterocycles. The van der Waals surface area contributed by atoms with E-state index in [-0.39, 0.29) is 11.2 Å². The number of nitrogens with one attached hydrogen (secondary N) is 1. The molecule has 0 aliphatic heterocycles. The predicted octanol–water partition coefficient (Wildman–Crippen LogP) is 5.76. The molecule has 0 bridgehead atoms. The molecule has 3 aromatic carbocycles. The van der Waals surface area contributed by atoms with Crippen molar-refractivity contribution in [1.82, 2.24) is 14.8 Å². The number of thioether (sulfide) groups is 1. The van der Waals surface area contributed by atoms with Crippen molar-refractivity contribution in [1.29, 1.82) is 0 Å². The molecule has 1 aromatic heterocycles. The van der Waals surface area contributed by atoms with Crippen LogP contribution in [-0.2, 0) is 11.3 Å². The normalized spacial score (nSPS) is 11.7. The van der Waals surface area contributed by atoms with E-state index in [9.17, 15) is 4.79 Å². The lowest BCUT2D eigenvalue weighted by Gasteiger charge is -2.15. The highest BCUT2D eigenvalue weighted by atomic mass is 32.2. The minimum atomic E-state index is -0.367. The molecule has 4 rings (SSSR count). The van der Waals surface area contributed by atoms with Crippen LogP contribution in [0.3, 0.4) is 0 Å². The maximum Gasteiger partial charge on any atom is 0.237 e. The lowest BCUT2D eigenvalue weighted by Crippen LogP contribution is -2.23. The average molecular weight is 459 g/mol. The van der Waals surface area contributed by atoms with E-state index in [0.717, 1.165) is 34.0 Å². The molecule has 6 nitrogen and oxygen atoms in total. The summed E-state index contributed by atoms with van der Waals surface area (Å²) in [5.41, 5.74) is 3.70. The molecule has 1 heterocycles. The monoisotopic (exact) mass is 458 g/mol. The van der Waals surface area contributed by atoms with Crippen molar-refractivity contribution in [3.05, 3.63) is 78.9 Å². The molecule has 1 amide bonds. The van der Waals surface area contributed by atoms with E-state index in [4.69, 9.17) is 4.74 Å². The number of aromatic nitrogens is 3. The fourth-order valence-electron chi connectivity index (χ4n) is 3.60. The molecule has 0 radical (unpaired) electrons. The Morgan fingerprint density at radius 3 is 2.36 bits per heavy atom. The van der Waals surface area contributed by atoms with Crippen molar-refractivity contribution in [3.63, 3.8) is 0 Å². The van der Waals surface area contributed by atoms with Crippen molar-refractivity contribution < 1.29 is 9.53 Å². The third-order valence-corrected chi connectivity index (χ3v) is 6.38. The highest BCUT2D eigenvalue weighted by molar-refractivity contribution is 8.00. The summed E-state index contributed by atoms with van der Waals surface area (Å²) in [6, 6.07) is 25.6. The van der Waals surface area contributed by atoms with Gasteiger partial charge in [0.1, 0.15) is 5.75 Å². The summed E-state index contributed by atoms with van der Waals surface area (Å²) in [7, 11) is 1.64. The van der Waals surface area contributed by atoms with E-state index in [1.165, 1.54) is 11.8 Å². The van der Waals surface area contributed by atoms with Crippen molar-refractivity contribution in [3.8, 4) is 28.3 Å². The number of anilines is 1. The molecule has 168 valence electrons. The van der Waals surface area contributed by atoms with E-state index in [1.807, 2.05) is 97.3 Å². The van der Waals surface area contributed by atoms with Gasteiger partial charge in [-0.05, 0) is 37.6 Å². The molecule has 0 fully saturated rings. The molecule has 0 aliphatic carbocycles. The van der Waals surface area contributed by atoms with Crippen molar-refractivity contribution in [2.45, 2.75) is 30.8 Å². The summed E-state index contributed by atoms with van der Waals surface area (Å²) in [5, 5.41) is 12.2. The summed E-state index contributed by atoms with van der Waals surface area (Å²) in [5.74, 6) is 1.37. The van der Waals surface area contributed by atoms with Crippen molar-refractivity contribution in [2.24, 2.45) is 0 Å². The van der Waals surface area contributed by atoms with Gasteiger partial charge in [0.05, 0.1) is 17.9 Å². The standard InChI is InChI=1S/C26H26N4O2S/c1-4-30-24(21-15-9-11-17-23(21)32-3)28-29-26(30)33-18(2)25(31)27-22-16-10-8-14-20(22)19-12-6-5-7-13-19/h5-18H,4H2,1-3H3,(H,27,31)/t18-/m0/s1. The summed E-state index contributed by atoms with van der Waals surface area (Å²) < 4.78 is 7.49. The summed E-state index contributed by atoms with van der Waals surface area (Å²) in [6.07, 6.45) is 0. The SMILES string of the molecule is CCn1c(S[C@@H](C)C(=O)Nc2ccccc2-c2ccccc2)nnc1-c1ccccc1OC. The van der Waals surface area contributed by atoms with E-state index < -0.39 is 0 Å². The minimum absolute atomic E-state index is 0.0899. The van der Waals surface area contributed by atoms with Gasteiger partial charge in [0.2, 0.25) is 5.91 Å². The number of hydrogen-bond acceptors (Lipinski definition) is 5. The van der Waals surface area contributed by atoms with Gasteiger partial charge >= 0.3 is 0 Å². The number of amides is 1. The van der Waals surface area contributed by atoms with E-state index in [1.54, 1.807) is 7.11 Å². The Labute approximate surface area is 198 Å². The topological polar surface area (TPSA) is 69.0 Å².